The molecule has 4 rings (SSSR count). The monoisotopic (exact) mass is 316 g/mol. The number of nitrogens with zero attached hydrogens (tertiary/aromatic N) is 4. The molecule has 3 heterocycles. The highest BCUT2D eigenvalue weighted by molar-refractivity contribution is 5.87. The van der Waals surface area contributed by atoms with Crippen LogP contribution in [0.1, 0.15) is 13.8 Å². The van der Waals surface area contributed by atoms with Crippen molar-refractivity contribution in [1.82, 2.24) is 14.7 Å². The zero-order valence-electron chi connectivity index (χ0n) is 12.9. The first kappa shape index (κ1) is 14.2. The number of fused-ring (bicyclic) bond motifs is 1. The molecule has 0 N–H and O–H groups in total. The van der Waals surface area contributed by atoms with Gasteiger partial charge in [-0.3, -0.25) is 4.57 Å². The molecule has 0 radical (unpaired) electrons. The van der Waals surface area contributed by atoms with Crippen LogP contribution in [0, 0.1) is 5.82 Å². The zero-order chi connectivity index (χ0) is 16.0. The van der Waals surface area contributed by atoms with E-state index in [2.05, 4.69) is 10.1 Å². The van der Waals surface area contributed by atoms with Crippen molar-refractivity contribution in [2.24, 2.45) is 0 Å². The molecule has 0 aliphatic carbocycles. The Morgan fingerprint density at radius 2 is 2.00 bits per heavy atom. The number of imidazole rings is 1. The Morgan fingerprint density at radius 3 is 2.70 bits per heavy atom. The maximum atomic E-state index is 14.9. The van der Waals surface area contributed by atoms with Crippen molar-refractivity contribution in [3.63, 3.8) is 0 Å². The number of morpholine rings is 1. The van der Waals surface area contributed by atoms with Gasteiger partial charge in [0, 0.05) is 25.5 Å². The summed E-state index contributed by atoms with van der Waals surface area (Å²) in [6, 6.07) is 3.62. The number of hydrogen-bond acceptors (Lipinski definition) is 5. The third-order valence-electron chi connectivity index (χ3n) is 4.05. The molecule has 2 atom stereocenters. The van der Waals surface area contributed by atoms with Crippen molar-refractivity contribution in [2.45, 2.75) is 26.1 Å². The second kappa shape index (κ2) is 5.34. The van der Waals surface area contributed by atoms with Gasteiger partial charge >= 0.3 is 0 Å². The summed E-state index contributed by atoms with van der Waals surface area (Å²) in [6.45, 7) is 5.28. The van der Waals surface area contributed by atoms with Gasteiger partial charge < -0.3 is 14.2 Å². The standard InChI is InChI=1S/C16H17FN4O2/c1-10-7-21(8-11(2)22-10)13-4-3-12-15(14(13)17)23-19-16(12)20-6-5-18-9-20/h3-6,9-11H,7-8H2,1-2H3/t10-,11+. The SMILES string of the molecule is C[C@@H]1CN(c2ccc3c(-n4ccnc4)noc3c2F)C[C@H](C)O1. The Labute approximate surface area is 132 Å². The lowest BCUT2D eigenvalue weighted by Crippen LogP contribution is -2.45. The average molecular weight is 316 g/mol. The fourth-order valence-electron chi connectivity index (χ4n) is 3.14. The Kier molecular flexibility index (Phi) is 3.30. The minimum Gasteiger partial charge on any atom is -0.372 e. The van der Waals surface area contributed by atoms with Gasteiger partial charge in [-0.25, -0.2) is 9.37 Å². The predicted octanol–water partition coefficient (Wildman–Crippen LogP) is 2.77. The van der Waals surface area contributed by atoms with Gasteiger partial charge in [0.05, 0.1) is 23.3 Å². The lowest BCUT2D eigenvalue weighted by molar-refractivity contribution is -0.00538. The Morgan fingerprint density at radius 1 is 1.22 bits per heavy atom. The first-order chi connectivity index (χ1) is 11.1. The van der Waals surface area contributed by atoms with Gasteiger partial charge in [0.2, 0.25) is 5.58 Å². The van der Waals surface area contributed by atoms with Crippen LogP contribution in [-0.4, -0.2) is 40.0 Å². The van der Waals surface area contributed by atoms with E-state index in [4.69, 9.17) is 9.26 Å². The van der Waals surface area contributed by atoms with Crippen molar-refractivity contribution in [3.05, 3.63) is 36.7 Å². The van der Waals surface area contributed by atoms with E-state index in [1.807, 2.05) is 24.8 Å². The Hall–Kier alpha value is -2.41. The molecule has 23 heavy (non-hydrogen) atoms. The number of halogens is 1. The molecule has 2 aromatic heterocycles. The quantitative estimate of drug-likeness (QED) is 0.727. The van der Waals surface area contributed by atoms with E-state index in [0.29, 0.717) is 30.0 Å². The summed E-state index contributed by atoms with van der Waals surface area (Å²) in [4.78, 5) is 5.97. The fourth-order valence-corrected chi connectivity index (χ4v) is 3.14. The van der Waals surface area contributed by atoms with E-state index in [1.165, 1.54) is 0 Å². The smallest absolute Gasteiger partial charge is 0.206 e. The molecule has 0 bridgehead atoms. The molecule has 0 spiro atoms. The van der Waals surface area contributed by atoms with E-state index in [9.17, 15) is 4.39 Å². The maximum absolute atomic E-state index is 14.9. The van der Waals surface area contributed by atoms with Crippen LogP contribution in [0.2, 0.25) is 0 Å². The zero-order valence-corrected chi connectivity index (χ0v) is 12.9. The molecule has 1 aliphatic rings. The molecule has 1 aromatic carbocycles. The summed E-state index contributed by atoms with van der Waals surface area (Å²) in [5, 5.41) is 4.60. The van der Waals surface area contributed by atoms with E-state index < -0.39 is 0 Å². The van der Waals surface area contributed by atoms with E-state index in [0.717, 1.165) is 0 Å². The molecule has 0 amide bonds. The van der Waals surface area contributed by atoms with Crippen molar-refractivity contribution >= 4 is 16.7 Å². The van der Waals surface area contributed by atoms with Gasteiger partial charge in [0.1, 0.15) is 6.33 Å². The number of hydrogen-bond donors (Lipinski definition) is 0. The number of anilines is 1. The average Bonchev–Trinajstić information content (AvgIpc) is 3.15. The fraction of sp³-hybridized carbons (Fsp3) is 0.375. The first-order valence-corrected chi connectivity index (χ1v) is 7.60. The highest BCUT2D eigenvalue weighted by atomic mass is 19.1. The molecule has 1 aliphatic heterocycles. The summed E-state index contributed by atoms with van der Waals surface area (Å²) >= 11 is 0. The van der Waals surface area contributed by atoms with Crippen LogP contribution in [0.25, 0.3) is 16.8 Å². The molecule has 3 aromatic rings. The molecule has 6 nitrogen and oxygen atoms in total. The van der Waals surface area contributed by atoms with Gasteiger partial charge in [0.15, 0.2) is 11.6 Å². The minimum absolute atomic E-state index is 0.0603. The third kappa shape index (κ3) is 2.37. The maximum Gasteiger partial charge on any atom is 0.206 e. The highest BCUT2D eigenvalue weighted by Crippen LogP contribution is 2.32. The normalized spacial score (nSPS) is 22.0. The van der Waals surface area contributed by atoms with E-state index in [1.54, 1.807) is 29.4 Å². The molecule has 1 fully saturated rings. The molecule has 120 valence electrons. The lowest BCUT2D eigenvalue weighted by atomic mass is 10.1. The third-order valence-corrected chi connectivity index (χ3v) is 4.05. The topological polar surface area (TPSA) is 56.3 Å². The molecule has 1 saturated heterocycles. The number of ether oxygens (including phenoxy) is 1. The molecule has 7 heteroatoms. The molecule has 0 saturated carbocycles. The van der Waals surface area contributed by atoms with Crippen LogP contribution in [0.5, 0.6) is 0 Å². The van der Waals surface area contributed by atoms with E-state index >= 15 is 0 Å². The van der Waals surface area contributed by atoms with E-state index in [-0.39, 0.29) is 23.6 Å². The van der Waals surface area contributed by atoms with Gasteiger partial charge in [-0.15, -0.1) is 0 Å². The van der Waals surface area contributed by atoms with Crippen LogP contribution >= 0.6 is 0 Å². The first-order valence-electron chi connectivity index (χ1n) is 7.60. The lowest BCUT2D eigenvalue weighted by Gasteiger charge is -2.36. The summed E-state index contributed by atoms with van der Waals surface area (Å²) in [5.41, 5.74) is 0.686. The van der Waals surface area contributed by atoms with Crippen molar-refractivity contribution < 1.29 is 13.7 Å². The second-order valence-corrected chi connectivity index (χ2v) is 5.91. The predicted molar refractivity (Wildman–Crippen MR) is 83.3 cm³/mol. The van der Waals surface area contributed by atoms with Crippen molar-refractivity contribution in [1.29, 1.82) is 0 Å². The van der Waals surface area contributed by atoms with Gasteiger partial charge in [-0.2, -0.15) is 0 Å². The van der Waals surface area contributed by atoms with Crippen LogP contribution < -0.4 is 4.90 Å². The largest absolute Gasteiger partial charge is 0.372 e. The minimum atomic E-state index is -0.386. The van der Waals surface area contributed by atoms with Crippen LogP contribution in [0.4, 0.5) is 10.1 Å². The summed E-state index contributed by atoms with van der Waals surface area (Å²) in [7, 11) is 0. The van der Waals surface area contributed by atoms with Gasteiger partial charge in [-0.1, -0.05) is 5.16 Å². The Bertz CT molecular complexity index is 820. The van der Waals surface area contributed by atoms with Crippen LogP contribution in [-0.2, 0) is 4.74 Å². The molecular formula is C16H17FN4O2. The van der Waals surface area contributed by atoms with Crippen molar-refractivity contribution in [3.8, 4) is 5.82 Å². The number of aromatic nitrogens is 3. The Balaban J connectivity index is 1.77. The highest BCUT2D eigenvalue weighted by Gasteiger charge is 2.26. The molecular weight excluding hydrogens is 299 g/mol. The number of benzene rings is 1. The van der Waals surface area contributed by atoms with Gasteiger partial charge in [0.25, 0.3) is 0 Å². The summed E-state index contributed by atoms with van der Waals surface area (Å²) in [5.74, 6) is 0.148. The van der Waals surface area contributed by atoms with Gasteiger partial charge in [-0.05, 0) is 26.0 Å². The van der Waals surface area contributed by atoms with Crippen molar-refractivity contribution in [2.75, 3.05) is 18.0 Å². The molecule has 0 unspecified atom stereocenters. The van der Waals surface area contributed by atoms with Crippen LogP contribution in [0.3, 0.4) is 0 Å². The number of rotatable bonds is 2. The summed E-state index contributed by atoms with van der Waals surface area (Å²) in [6.07, 6.45) is 5.11. The second-order valence-electron chi connectivity index (χ2n) is 5.91. The summed E-state index contributed by atoms with van der Waals surface area (Å²) < 4.78 is 27.6. The van der Waals surface area contributed by atoms with Crippen LogP contribution in [0.15, 0.2) is 35.4 Å².